The third-order valence-corrected chi connectivity index (χ3v) is 5.96. The number of hydrogen-bond donors (Lipinski definition) is 1. The summed E-state index contributed by atoms with van der Waals surface area (Å²) in [5.41, 5.74) is 3.78. The molecule has 0 heterocycles. The van der Waals surface area contributed by atoms with E-state index in [1.165, 1.54) is 41.3 Å². The largest absolute Gasteiger partial charge is 0.372 e. The Labute approximate surface area is 179 Å². The van der Waals surface area contributed by atoms with E-state index in [4.69, 9.17) is 4.74 Å². The van der Waals surface area contributed by atoms with Gasteiger partial charge in [-0.3, -0.25) is 0 Å². The van der Waals surface area contributed by atoms with E-state index in [9.17, 15) is 8.78 Å². The number of ether oxygens (including phenoxy) is 1. The molecule has 2 aromatic rings. The Morgan fingerprint density at radius 2 is 1.73 bits per heavy atom. The van der Waals surface area contributed by atoms with Gasteiger partial charge in [0.25, 0.3) is 0 Å². The van der Waals surface area contributed by atoms with Crippen LogP contribution in [0.1, 0.15) is 54.0 Å². The van der Waals surface area contributed by atoms with E-state index in [-0.39, 0.29) is 11.7 Å². The predicted molar refractivity (Wildman–Crippen MR) is 119 cm³/mol. The lowest BCUT2D eigenvalue weighted by Crippen LogP contribution is -2.29. The maximum absolute atomic E-state index is 13.9. The number of hydrogen-bond acceptors (Lipinski definition) is 2. The second kappa shape index (κ2) is 11.4. The van der Waals surface area contributed by atoms with Crippen LogP contribution in [0.2, 0.25) is 0 Å². The summed E-state index contributed by atoms with van der Waals surface area (Å²) in [6.45, 7) is 6.40. The molecule has 0 fully saturated rings. The van der Waals surface area contributed by atoms with Gasteiger partial charge in [-0.2, -0.15) is 0 Å². The van der Waals surface area contributed by atoms with Crippen molar-refractivity contribution in [3.05, 3.63) is 82.4 Å². The van der Waals surface area contributed by atoms with Crippen molar-refractivity contribution in [1.82, 2.24) is 5.32 Å². The monoisotopic (exact) mass is 413 g/mol. The predicted octanol–water partition coefficient (Wildman–Crippen LogP) is 6.22. The highest BCUT2D eigenvalue weighted by atomic mass is 19.1. The zero-order valence-corrected chi connectivity index (χ0v) is 18.1. The lowest BCUT2D eigenvalue weighted by molar-refractivity contribution is 0.0494. The average molecular weight is 414 g/mol. The average Bonchev–Trinajstić information content (AvgIpc) is 2.73. The SMILES string of the molecule is Cc1cccc(C)c1C(CNCC1CC=CCC1)OCCCc1c(F)cccc1F. The van der Waals surface area contributed by atoms with Crippen molar-refractivity contribution in [1.29, 1.82) is 0 Å². The highest BCUT2D eigenvalue weighted by molar-refractivity contribution is 5.35. The molecule has 0 saturated heterocycles. The third-order valence-electron chi connectivity index (χ3n) is 5.96. The van der Waals surface area contributed by atoms with Gasteiger partial charge in [-0.05, 0) is 87.2 Å². The van der Waals surface area contributed by atoms with Crippen molar-refractivity contribution in [3.63, 3.8) is 0 Å². The number of aryl methyl sites for hydroxylation is 2. The summed E-state index contributed by atoms with van der Waals surface area (Å²) in [4.78, 5) is 0. The van der Waals surface area contributed by atoms with Crippen LogP contribution >= 0.6 is 0 Å². The van der Waals surface area contributed by atoms with Gasteiger partial charge in [0.15, 0.2) is 0 Å². The van der Waals surface area contributed by atoms with E-state index in [1.807, 2.05) is 0 Å². The molecule has 2 aromatic carbocycles. The van der Waals surface area contributed by atoms with E-state index in [0.29, 0.717) is 25.4 Å². The molecule has 0 amide bonds. The number of allylic oxidation sites excluding steroid dienone is 2. The highest BCUT2D eigenvalue weighted by Crippen LogP contribution is 2.26. The Morgan fingerprint density at radius 3 is 2.40 bits per heavy atom. The third kappa shape index (κ3) is 6.23. The lowest BCUT2D eigenvalue weighted by atomic mass is 9.94. The highest BCUT2D eigenvalue weighted by Gasteiger charge is 2.18. The molecular weight excluding hydrogens is 380 g/mol. The number of nitrogens with one attached hydrogen (secondary N) is 1. The maximum Gasteiger partial charge on any atom is 0.129 e. The Bertz CT molecular complexity index is 808. The van der Waals surface area contributed by atoms with Crippen molar-refractivity contribution < 1.29 is 13.5 Å². The van der Waals surface area contributed by atoms with Gasteiger partial charge < -0.3 is 10.1 Å². The molecule has 4 heteroatoms. The summed E-state index contributed by atoms with van der Waals surface area (Å²) in [7, 11) is 0. The molecule has 162 valence electrons. The summed E-state index contributed by atoms with van der Waals surface area (Å²) < 4.78 is 34.0. The second-order valence-corrected chi connectivity index (χ2v) is 8.28. The standard InChI is InChI=1S/C26H33F2NO/c1-19-9-6-10-20(2)26(19)25(18-29-17-21-11-4-3-5-12-21)30-16-8-13-22-23(27)14-7-15-24(22)28/h3-4,6-7,9-10,14-15,21,25,29H,5,8,11-13,16-18H2,1-2H3. The van der Waals surface area contributed by atoms with Crippen LogP contribution in [0.25, 0.3) is 0 Å². The molecular formula is C26H33F2NO. The fourth-order valence-electron chi connectivity index (χ4n) is 4.29. The summed E-state index contributed by atoms with van der Waals surface area (Å²) in [6, 6.07) is 10.3. The van der Waals surface area contributed by atoms with Gasteiger partial charge in [-0.15, -0.1) is 0 Å². The van der Waals surface area contributed by atoms with Gasteiger partial charge >= 0.3 is 0 Å². The molecule has 2 unspecified atom stereocenters. The molecule has 1 aliphatic carbocycles. The first-order chi connectivity index (χ1) is 14.6. The van der Waals surface area contributed by atoms with Gasteiger partial charge in [0.1, 0.15) is 11.6 Å². The molecule has 0 saturated carbocycles. The van der Waals surface area contributed by atoms with E-state index >= 15 is 0 Å². The number of halogens is 2. The van der Waals surface area contributed by atoms with Crippen molar-refractivity contribution >= 4 is 0 Å². The van der Waals surface area contributed by atoms with Crippen LogP contribution in [-0.4, -0.2) is 19.7 Å². The van der Waals surface area contributed by atoms with Crippen LogP contribution in [0.3, 0.4) is 0 Å². The van der Waals surface area contributed by atoms with Gasteiger partial charge in [-0.1, -0.05) is 36.4 Å². The zero-order chi connectivity index (χ0) is 21.3. The molecule has 0 aliphatic heterocycles. The number of benzene rings is 2. The first-order valence-electron chi connectivity index (χ1n) is 11.0. The summed E-state index contributed by atoms with van der Waals surface area (Å²) >= 11 is 0. The molecule has 0 radical (unpaired) electrons. The quantitative estimate of drug-likeness (QED) is 0.369. The van der Waals surface area contributed by atoms with Crippen LogP contribution in [-0.2, 0) is 11.2 Å². The van der Waals surface area contributed by atoms with Crippen LogP contribution < -0.4 is 5.32 Å². The van der Waals surface area contributed by atoms with Gasteiger partial charge in [0, 0.05) is 18.7 Å². The minimum Gasteiger partial charge on any atom is -0.372 e. The van der Waals surface area contributed by atoms with Gasteiger partial charge in [0.2, 0.25) is 0 Å². The zero-order valence-electron chi connectivity index (χ0n) is 18.1. The van der Waals surface area contributed by atoms with Crippen molar-refractivity contribution in [2.24, 2.45) is 5.92 Å². The molecule has 2 nitrogen and oxygen atoms in total. The number of rotatable bonds is 10. The molecule has 0 aromatic heterocycles. The van der Waals surface area contributed by atoms with Crippen molar-refractivity contribution in [2.75, 3.05) is 19.7 Å². The van der Waals surface area contributed by atoms with Gasteiger partial charge in [0.05, 0.1) is 6.10 Å². The minimum absolute atomic E-state index is 0.0733. The fraction of sp³-hybridized carbons (Fsp3) is 0.462. The molecule has 0 bridgehead atoms. The summed E-state index contributed by atoms with van der Waals surface area (Å²) in [5.74, 6) is -0.286. The van der Waals surface area contributed by atoms with Crippen LogP contribution in [0.15, 0.2) is 48.6 Å². The molecule has 0 spiro atoms. The molecule has 1 N–H and O–H groups in total. The van der Waals surface area contributed by atoms with E-state index in [0.717, 1.165) is 25.9 Å². The fourth-order valence-corrected chi connectivity index (χ4v) is 4.29. The summed E-state index contributed by atoms with van der Waals surface area (Å²) in [5, 5.41) is 3.61. The normalized spacial score (nSPS) is 17.3. The van der Waals surface area contributed by atoms with E-state index < -0.39 is 11.6 Å². The molecule has 3 rings (SSSR count). The Hall–Kier alpha value is -2.04. The second-order valence-electron chi connectivity index (χ2n) is 8.28. The van der Waals surface area contributed by atoms with Crippen LogP contribution in [0.4, 0.5) is 8.78 Å². The molecule has 30 heavy (non-hydrogen) atoms. The Balaban J connectivity index is 1.58. The lowest BCUT2D eigenvalue weighted by Gasteiger charge is -2.25. The van der Waals surface area contributed by atoms with Gasteiger partial charge in [-0.25, -0.2) is 8.78 Å². The van der Waals surface area contributed by atoms with Crippen LogP contribution in [0.5, 0.6) is 0 Å². The Kier molecular flexibility index (Phi) is 8.59. The van der Waals surface area contributed by atoms with Crippen molar-refractivity contribution in [2.45, 2.75) is 52.1 Å². The first-order valence-corrected chi connectivity index (χ1v) is 11.0. The first kappa shape index (κ1) is 22.6. The molecule has 2 atom stereocenters. The Morgan fingerprint density at radius 1 is 1.03 bits per heavy atom. The van der Waals surface area contributed by atoms with E-state index in [2.05, 4.69) is 49.5 Å². The minimum atomic E-state index is -0.482. The topological polar surface area (TPSA) is 21.3 Å². The molecule has 1 aliphatic rings. The van der Waals surface area contributed by atoms with Crippen molar-refractivity contribution in [3.8, 4) is 0 Å². The smallest absolute Gasteiger partial charge is 0.129 e. The van der Waals surface area contributed by atoms with E-state index in [1.54, 1.807) is 0 Å². The maximum atomic E-state index is 13.9. The summed E-state index contributed by atoms with van der Waals surface area (Å²) in [6.07, 6.45) is 8.90. The van der Waals surface area contributed by atoms with Crippen LogP contribution in [0, 0.1) is 31.4 Å².